The molecule has 2 rings (SSSR count). The summed E-state index contributed by atoms with van der Waals surface area (Å²) in [5.74, 6) is 0.508. The molecule has 1 N–H and O–H groups in total. The summed E-state index contributed by atoms with van der Waals surface area (Å²) in [6.45, 7) is 2.38. The lowest BCUT2D eigenvalue weighted by Crippen LogP contribution is -2.18. The lowest BCUT2D eigenvalue weighted by molar-refractivity contribution is -0.120. The second-order valence-electron chi connectivity index (χ2n) is 4.57. The molecule has 0 saturated carbocycles. The largest absolute Gasteiger partial charge is 0.496 e. The number of amides is 1. The van der Waals surface area contributed by atoms with Gasteiger partial charge in [0.2, 0.25) is 5.91 Å². The van der Waals surface area contributed by atoms with E-state index in [1.54, 1.807) is 24.1 Å². The van der Waals surface area contributed by atoms with Crippen molar-refractivity contribution in [3.8, 4) is 17.0 Å². The number of hydrogen-bond acceptors (Lipinski definition) is 4. The van der Waals surface area contributed by atoms with Gasteiger partial charge in [0.25, 0.3) is 0 Å². The van der Waals surface area contributed by atoms with Crippen molar-refractivity contribution in [3.63, 3.8) is 0 Å². The number of aromatic nitrogens is 2. The minimum absolute atomic E-state index is 0.0350. The molecule has 118 valence electrons. The van der Waals surface area contributed by atoms with Gasteiger partial charge in [0.1, 0.15) is 12.4 Å². The van der Waals surface area contributed by atoms with Crippen molar-refractivity contribution in [1.29, 1.82) is 0 Å². The number of aryl methyl sites for hydroxylation is 1. The number of nitrogens with one attached hydrogen (secondary N) is 1. The fraction of sp³-hybridized carbons (Fsp3) is 0.333. The minimum Gasteiger partial charge on any atom is -0.496 e. The van der Waals surface area contributed by atoms with Crippen LogP contribution in [0.5, 0.6) is 5.75 Å². The Labute approximate surface area is 137 Å². The Morgan fingerprint density at radius 1 is 1.45 bits per heavy atom. The predicted molar refractivity (Wildman–Crippen MR) is 88.0 cm³/mol. The molecule has 0 unspecified atom stereocenters. The number of carbonyl (C=O) groups is 1. The number of rotatable bonds is 6. The molecule has 22 heavy (non-hydrogen) atoms. The molecule has 0 aliphatic heterocycles. The van der Waals surface area contributed by atoms with E-state index in [9.17, 15) is 4.79 Å². The number of ether oxygens (including phenoxy) is 2. The molecule has 0 spiro atoms. The second kappa shape index (κ2) is 7.42. The van der Waals surface area contributed by atoms with Crippen LogP contribution >= 0.6 is 15.9 Å². The molecule has 0 fully saturated rings. The summed E-state index contributed by atoms with van der Waals surface area (Å²) in [4.78, 5) is 11.8. The molecule has 0 saturated heterocycles. The zero-order valence-electron chi connectivity index (χ0n) is 12.7. The Balaban J connectivity index is 2.33. The summed E-state index contributed by atoms with van der Waals surface area (Å²) < 4.78 is 13.1. The minimum atomic E-state index is -0.193. The van der Waals surface area contributed by atoms with Crippen molar-refractivity contribution in [2.75, 3.05) is 25.6 Å². The highest BCUT2D eigenvalue weighted by Gasteiger charge is 2.15. The van der Waals surface area contributed by atoms with Crippen LogP contribution in [0.4, 0.5) is 5.69 Å². The van der Waals surface area contributed by atoms with Crippen LogP contribution in [0.1, 0.15) is 6.92 Å². The van der Waals surface area contributed by atoms with Crippen LogP contribution in [0.2, 0.25) is 0 Å². The molecule has 0 radical (unpaired) electrons. The number of halogens is 1. The van der Waals surface area contributed by atoms with Gasteiger partial charge in [-0.25, -0.2) is 0 Å². The summed E-state index contributed by atoms with van der Waals surface area (Å²) >= 11 is 3.48. The van der Waals surface area contributed by atoms with Gasteiger partial charge in [-0.15, -0.1) is 0 Å². The molecular formula is C15H18BrN3O3. The van der Waals surface area contributed by atoms with E-state index in [1.165, 1.54) is 0 Å². The van der Waals surface area contributed by atoms with Gasteiger partial charge in [-0.2, -0.15) is 5.10 Å². The Kier molecular flexibility index (Phi) is 5.57. The maximum Gasteiger partial charge on any atom is 0.250 e. The standard InChI is InChI=1S/C15H18BrN3O3/c1-4-22-9-14(20)18-10-5-6-13(21-3)11(7-10)15-12(16)8-17-19(15)2/h5-8H,4,9H2,1-3H3,(H,18,20). The van der Waals surface area contributed by atoms with Gasteiger partial charge in [-0.3, -0.25) is 9.48 Å². The van der Waals surface area contributed by atoms with Crippen LogP contribution in [-0.4, -0.2) is 36.0 Å². The zero-order valence-corrected chi connectivity index (χ0v) is 14.3. The molecule has 2 aromatic rings. The summed E-state index contributed by atoms with van der Waals surface area (Å²) in [6.07, 6.45) is 1.72. The molecule has 0 aliphatic carbocycles. The summed E-state index contributed by atoms with van der Waals surface area (Å²) in [6, 6.07) is 5.45. The Hall–Kier alpha value is -1.86. The average molecular weight is 368 g/mol. The molecule has 0 atom stereocenters. The average Bonchev–Trinajstić information content (AvgIpc) is 2.84. The summed E-state index contributed by atoms with van der Waals surface area (Å²) in [5, 5.41) is 7.01. The van der Waals surface area contributed by atoms with Crippen LogP contribution in [-0.2, 0) is 16.6 Å². The normalized spacial score (nSPS) is 10.5. The van der Waals surface area contributed by atoms with Gasteiger partial charge in [0, 0.05) is 24.9 Å². The van der Waals surface area contributed by atoms with E-state index < -0.39 is 0 Å². The van der Waals surface area contributed by atoms with Crippen LogP contribution in [0.3, 0.4) is 0 Å². The molecule has 0 aliphatic rings. The second-order valence-corrected chi connectivity index (χ2v) is 5.42. The third kappa shape index (κ3) is 3.66. The van der Waals surface area contributed by atoms with Crippen molar-refractivity contribution in [2.45, 2.75) is 6.92 Å². The van der Waals surface area contributed by atoms with Gasteiger partial charge >= 0.3 is 0 Å². The van der Waals surface area contributed by atoms with Crippen molar-refractivity contribution in [1.82, 2.24) is 9.78 Å². The fourth-order valence-corrected chi connectivity index (χ4v) is 2.64. The topological polar surface area (TPSA) is 65.4 Å². The van der Waals surface area contributed by atoms with Gasteiger partial charge in [-0.1, -0.05) is 0 Å². The number of methoxy groups -OCH3 is 1. The first kappa shape index (κ1) is 16.5. The SMILES string of the molecule is CCOCC(=O)Nc1ccc(OC)c(-c2c(Br)cnn2C)c1. The quantitative estimate of drug-likeness (QED) is 0.852. The lowest BCUT2D eigenvalue weighted by Gasteiger charge is -2.12. The molecule has 7 heteroatoms. The maximum absolute atomic E-state index is 11.8. The van der Waals surface area contributed by atoms with Gasteiger partial charge in [0.05, 0.1) is 23.5 Å². The molecule has 1 heterocycles. The molecule has 6 nitrogen and oxygen atoms in total. The van der Waals surface area contributed by atoms with Gasteiger partial charge < -0.3 is 14.8 Å². The van der Waals surface area contributed by atoms with E-state index in [0.717, 1.165) is 15.7 Å². The van der Waals surface area contributed by atoms with Crippen LogP contribution in [0, 0.1) is 0 Å². The maximum atomic E-state index is 11.8. The first-order valence-corrected chi connectivity index (χ1v) is 7.59. The van der Waals surface area contributed by atoms with Gasteiger partial charge in [0.15, 0.2) is 0 Å². The monoisotopic (exact) mass is 367 g/mol. The van der Waals surface area contributed by atoms with Crippen LogP contribution in [0.25, 0.3) is 11.3 Å². The summed E-state index contributed by atoms with van der Waals surface area (Å²) in [5.41, 5.74) is 2.38. The molecule has 1 aromatic carbocycles. The molecule has 1 aromatic heterocycles. The Bertz CT molecular complexity index is 651. The first-order valence-electron chi connectivity index (χ1n) is 6.80. The highest BCUT2D eigenvalue weighted by molar-refractivity contribution is 9.10. The van der Waals surface area contributed by atoms with E-state index >= 15 is 0 Å². The van der Waals surface area contributed by atoms with E-state index in [4.69, 9.17) is 9.47 Å². The number of nitrogens with zero attached hydrogens (tertiary/aromatic N) is 2. The Morgan fingerprint density at radius 3 is 2.82 bits per heavy atom. The number of carbonyl (C=O) groups excluding carboxylic acids is 1. The van der Waals surface area contributed by atoms with Crippen LogP contribution in [0.15, 0.2) is 28.9 Å². The van der Waals surface area contributed by atoms with E-state index in [1.807, 2.05) is 26.1 Å². The Morgan fingerprint density at radius 2 is 2.23 bits per heavy atom. The van der Waals surface area contributed by atoms with E-state index in [0.29, 0.717) is 18.0 Å². The third-order valence-corrected chi connectivity index (χ3v) is 3.65. The van der Waals surface area contributed by atoms with Crippen molar-refractivity contribution in [3.05, 3.63) is 28.9 Å². The van der Waals surface area contributed by atoms with Crippen molar-refractivity contribution < 1.29 is 14.3 Å². The lowest BCUT2D eigenvalue weighted by atomic mass is 10.1. The van der Waals surface area contributed by atoms with Crippen LogP contribution < -0.4 is 10.1 Å². The number of benzene rings is 1. The van der Waals surface area contributed by atoms with E-state index in [-0.39, 0.29) is 12.5 Å². The summed E-state index contributed by atoms with van der Waals surface area (Å²) in [7, 11) is 3.45. The van der Waals surface area contributed by atoms with E-state index in [2.05, 4.69) is 26.3 Å². The highest BCUT2D eigenvalue weighted by Crippen LogP contribution is 2.36. The number of anilines is 1. The molecule has 0 bridgehead atoms. The number of hydrogen-bond donors (Lipinski definition) is 1. The molecular weight excluding hydrogens is 350 g/mol. The van der Waals surface area contributed by atoms with Gasteiger partial charge in [-0.05, 0) is 41.1 Å². The predicted octanol–water partition coefficient (Wildman–Crippen LogP) is 2.83. The van der Waals surface area contributed by atoms with Crippen molar-refractivity contribution >= 4 is 27.5 Å². The first-order chi connectivity index (χ1) is 10.6. The third-order valence-electron chi connectivity index (χ3n) is 3.07. The highest BCUT2D eigenvalue weighted by atomic mass is 79.9. The fourth-order valence-electron chi connectivity index (χ4n) is 2.08. The zero-order chi connectivity index (χ0) is 16.1. The smallest absolute Gasteiger partial charge is 0.250 e. The molecule has 1 amide bonds. The van der Waals surface area contributed by atoms with Crippen molar-refractivity contribution in [2.24, 2.45) is 7.05 Å².